The Morgan fingerprint density at radius 3 is 2.77 bits per heavy atom. The fourth-order valence-corrected chi connectivity index (χ4v) is 1.98. The van der Waals surface area contributed by atoms with Gasteiger partial charge in [0.25, 0.3) is 0 Å². The topological polar surface area (TPSA) is 67.9 Å². The Labute approximate surface area is 130 Å². The van der Waals surface area contributed by atoms with Gasteiger partial charge in [-0.05, 0) is 5.92 Å². The Balaban J connectivity index is 2.23. The molecular weight excluding hydrogens is 278 g/mol. The van der Waals surface area contributed by atoms with Crippen LogP contribution in [-0.4, -0.2) is 27.3 Å². The number of Topliss-reactive ketones (excluding diaryl/α,β-unsaturated/α-hetero) is 1. The van der Waals surface area contributed by atoms with Crippen LogP contribution in [0.25, 0.3) is 17.1 Å². The first-order valence-corrected chi connectivity index (χ1v) is 7.63. The Bertz CT molecular complexity index is 672. The number of carbonyl (C=O) groups is 1. The van der Waals surface area contributed by atoms with Crippen molar-refractivity contribution >= 4 is 22.9 Å². The second-order valence-corrected chi connectivity index (χ2v) is 6.08. The zero-order chi connectivity index (χ0) is 16.1. The van der Waals surface area contributed by atoms with E-state index >= 15 is 0 Å². The first kappa shape index (κ1) is 16.2. The number of H-pyrrole nitrogens is 1. The second-order valence-electron chi connectivity index (χ2n) is 6.08. The quantitative estimate of drug-likeness (QED) is 0.848. The molecule has 0 unspecified atom stereocenters. The molecule has 2 heterocycles. The predicted molar refractivity (Wildman–Crippen MR) is 87.7 cm³/mol. The molecule has 0 aliphatic heterocycles. The van der Waals surface area contributed by atoms with Crippen LogP contribution in [0.3, 0.4) is 0 Å². The summed E-state index contributed by atoms with van der Waals surface area (Å²) in [5.41, 5.74) is 1.68. The van der Waals surface area contributed by atoms with Gasteiger partial charge in [-0.15, -0.1) is 0 Å². The van der Waals surface area contributed by atoms with Crippen LogP contribution < -0.4 is 4.74 Å². The van der Waals surface area contributed by atoms with Gasteiger partial charge in [-0.2, -0.15) is 0 Å². The smallest absolute Gasteiger partial charge is 0.226 e. The zero-order valence-corrected chi connectivity index (χ0v) is 13.6. The summed E-state index contributed by atoms with van der Waals surface area (Å²) in [6, 6.07) is 0. The average Bonchev–Trinajstić information content (AvgIpc) is 2.88. The lowest BCUT2D eigenvalue weighted by Gasteiger charge is -2.08. The van der Waals surface area contributed by atoms with Crippen LogP contribution in [0.1, 0.15) is 39.7 Å². The minimum atomic E-state index is 0.0564. The van der Waals surface area contributed by atoms with Crippen LogP contribution in [0.4, 0.5) is 0 Å². The highest BCUT2D eigenvalue weighted by molar-refractivity contribution is 5.91. The number of allylic oxidation sites excluding steroid dienone is 1. The van der Waals surface area contributed by atoms with Crippen molar-refractivity contribution in [3.63, 3.8) is 0 Å². The van der Waals surface area contributed by atoms with Crippen LogP contribution in [-0.2, 0) is 4.79 Å². The first-order valence-electron chi connectivity index (χ1n) is 7.63. The Morgan fingerprint density at radius 2 is 2.09 bits per heavy atom. The molecule has 0 spiro atoms. The average molecular weight is 301 g/mol. The summed E-state index contributed by atoms with van der Waals surface area (Å²) in [6.45, 7) is 8.61. The number of fused-ring (bicyclic) bond motifs is 1. The SMILES string of the molecule is CC(C)COc1ncnc2[nH]cc(/C=C/CC(=O)C(C)C)c12. The van der Waals surface area contributed by atoms with Gasteiger partial charge in [-0.25, -0.2) is 9.97 Å². The molecule has 0 fully saturated rings. The van der Waals surface area contributed by atoms with Gasteiger partial charge in [-0.1, -0.05) is 39.8 Å². The third-order valence-electron chi connectivity index (χ3n) is 3.28. The molecule has 2 rings (SSSR count). The maximum atomic E-state index is 11.7. The summed E-state index contributed by atoms with van der Waals surface area (Å²) in [6.07, 6.45) is 7.58. The molecule has 5 heteroatoms. The van der Waals surface area contributed by atoms with E-state index in [1.807, 2.05) is 32.2 Å². The number of hydrogen-bond donors (Lipinski definition) is 1. The van der Waals surface area contributed by atoms with Gasteiger partial charge >= 0.3 is 0 Å². The van der Waals surface area contributed by atoms with Crippen LogP contribution >= 0.6 is 0 Å². The van der Waals surface area contributed by atoms with Gasteiger partial charge in [0, 0.05) is 24.1 Å². The molecule has 22 heavy (non-hydrogen) atoms. The summed E-state index contributed by atoms with van der Waals surface area (Å²) in [5, 5.41) is 0.858. The zero-order valence-electron chi connectivity index (χ0n) is 13.6. The Kier molecular flexibility index (Phi) is 5.31. The highest BCUT2D eigenvalue weighted by Crippen LogP contribution is 2.26. The molecule has 0 atom stereocenters. The van der Waals surface area contributed by atoms with E-state index in [0.29, 0.717) is 24.8 Å². The highest BCUT2D eigenvalue weighted by Gasteiger charge is 2.11. The van der Waals surface area contributed by atoms with Gasteiger partial charge in [0.15, 0.2) is 0 Å². The number of hydrogen-bond acceptors (Lipinski definition) is 4. The maximum absolute atomic E-state index is 11.7. The fraction of sp³-hybridized carbons (Fsp3) is 0.471. The van der Waals surface area contributed by atoms with Crippen LogP contribution in [0.5, 0.6) is 5.88 Å². The molecule has 0 aromatic carbocycles. The molecule has 118 valence electrons. The van der Waals surface area contributed by atoms with Crippen molar-refractivity contribution < 1.29 is 9.53 Å². The van der Waals surface area contributed by atoms with Gasteiger partial charge in [-0.3, -0.25) is 4.79 Å². The minimum absolute atomic E-state index is 0.0564. The molecule has 0 bridgehead atoms. The van der Waals surface area contributed by atoms with Crippen molar-refractivity contribution in [3.05, 3.63) is 24.2 Å². The molecule has 0 amide bonds. The van der Waals surface area contributed by atoms with Crippen LogP contribution in [0.2, 0.25) is 0 Å². The van der Waals surface area contributed by atoms with Crippen molar-refractivity contribution in [1.82, 2.24) is 15.0 Å². The second kappa shape index (κ2) is 7.20. The minimum Gasteiger partial charge on any atom is -0.477 e. The third-order valence-corrected chi connectivity index (χ3v) is 3.28. The number of rotatable bonds is 7. The molecule has 2 aromatic heterocycles. The molecular formula is C17H23N3O2. The maximum Gasteiger partial charge on any atom is 0.226 e. The number of aromatic amines is 1. The van der Waals surface area contributed by atoms with Gasteiger partial charge in [0.05, 0.1) is 12.0 Å². The summed E-state index contributed by atoms with van der Waals surface area (Å²) in [5.74, 6) is 1.28. The van der Waals surface area contributed by atoms with E-state index in [1.54, 1.807) is 0 Å². The van der Waals surface area contributed by atoms with E-state index in [1.165, 1.54) is 6.33 Å². The molecule has 0 aliphatic carbocycles. The number of ketones is 1. The van der Waals surface area contributed by atoms with Crippen molar-refractivity contribution in [3.8, 4) is 5.88 Å². The molecule has 0 saturated heterocycles. The van der Waals surface area contributed by atoms with Crippen molar-refractivity contribution in [2.45, 2.75) is 34.1 Å². The van der Waals surface area contributed by atoms with Gasteiger partial charge in [0.1, 0.15) is 17.8 Å². The van der Waals surface area contributed by atoms with Gasteiger partial charge < -0.3 is 9.72 Å². The molecule has 0 radical (unpaired) electrons. The van der Waals surface area contributed by atoms with E-state index in [0.717, 1.165) is 16.6 Å². The van der Waals surface area contributed by atoms with E-state index < -0.39 is 0 Å². The predicted octanol–water partition coefficient (Wildman–Crippen LogP) is 3.62. The van der Waals surface area contributed by atoms with Gasteiger partial charge in [0.2, 0.25) is 5.88 Å². The lowest BCUT2D eigenvalue weighted by molar-refractivity contribution is -0.121. The van der Waals surface area contributed by atoms with E-state index in [4.69, 9.17) is 4.74 Å². The van der Waals surface area contributed by atoms with Crippen molar-refractivity contribution in [2.75, 3.05) is 6.61 Å². The number of nitrogens with one attached hydrogen (secondary N) is 1. The first-order chi connectivity index (χ1) is 10.5. The summed E-state index contributed by atoms with van der Waals surface area (Å²) in [4.78, 5) is 23.2. The van der Waals surface area contributed by atoms with E-state index in [-0.39, 0.29) is 11.7 Å². The monoisotopic (exact) mass is 301 g/mol. The largest absolute Gasteiger partial charge is 0.477 e. The fourth-order valence-electron chi connectivity index (χ4n) is 1.98. The van der Waals surface area contributed by atoms with Crippen LogP contribution in [0.15, 0.2) is 18.6 Å². The molecule has 1 N–H and O–H groups in total. The van der Waals surface area contributed by atoms with Crippen molar-refractivity contribution in [2.24, 2.45) is 11.8 Å². The molecule has 0 aliphatic rings. The summed E-state index contributed by atoms with van der Waals surface area (Å²) in [7, 11) is 0. The lowest BCUT2D eigenvalue weighted by Crippen LogP contribution is -2.06. The summed E-state index contributed by atoms with van der Waals surface area (Å²) < 4.78 is 5.77. The number of nitrogens with zero attached hydrogens (tertiary/aromatic N) is 2. The standard InChI is InChI=1S/C17H23N3O2/c1-11(2)9-22-17-15-13(6-5-7-14(21)12(3)4)8-18-16(15)19-10-20-17/h5-6,8,10-12H,7,9H2,1-4H3,(H,18,19,20)/b6-5+. The highest BCUT2D eigenvalue weighted by atomic mass is 16.5. The normalized spacial score (nSPS) is 11.9. The number of carbonyl (C=O) groups excluding carboxylic acids is 1. The van der Waals surface area contributed by atoms with Crippen molar-refractivity contribution in [1.29, 1.82) is 0 Å². The lowest BCUT2D eigenvalue weighted by atomic mass is 10.1. The molecule has 0 saturated carbocycles. The Morgan fingerprint density at radius 1 is 1.32 bits per heavy atom. The van der Waals surface area contributed by atoms with E-state index in [9.17, 15) is 4.79 Å². The molecule has 5 nitrogen and oxygen atoms in total. The third kappa shape index (κ3) is 3.93. The Hall–Kier alpha value is -2.17. The van der Waals surface area contributed by atoms with E-state index in [2.05, 4.69) is 28.8 Å². The van der Waals surface area contributed by atoms with Crippen LogP contribution in [0, 0.1) is 11.8 Å². The molecule has 2 aromatic rings. The number of ether oxygens (including phenoxy) is 1. The number of aromatic nitrogens is 3. The summed E-state index contributed by atoms with van der Waals surface area (Å²) >= 11 is 0.